The first-order valence-corrected chi connectivity index (χ1v) is 24.1. The Morgan fingerprint density at radius 2 is 1.28 bits per heavy atom. The molecule has 1 saturated heterocycles. The maximum atomic E-state index is 7.97. The van der Waals surface area contributed by atoms with Crippen LogP contribution in [0.1, 0.15) is 107 Å². The van der Waals surface area contributed by atoms with Crippen LogP contribution in [-0.2, 0) is 15.8 Å². The van der Waals surface area contributed by atoms with Crippen LogP contribution in [0, 0.1) is 10.8 Å². The molecule has 0 N–H and O–H groups in total. The summed E-state index contributed by atoms with van der Waals surface area (Å²) in [5, 5.41) is 2.29. The number of hydrogen-bond acceptors (Lipinski definition) is 6. The summed E-state index contributed by atoms with van der Waals surface area (Å²) < 4.78 is 32.3. The van der Waals surface area contributed by atoms with Crippen LogP contribution in [0.15, 0.2) is 115 Å². The molecule has 2 saturated carbocycles. The van der Waals surface area contributed by atoms with Gasteiger partial charge in [0, 0.05) is 51.8 Å². The highest BCUT2D eigenvalue weighted by Crippen LogP contribution is 2.67. The molecule has 5 aliphatic rings. The van der Waals surface area contributed by atoms with Gasteiger partial charge in [-0.25, -0.2) is 0 Å². The molecule has 0 unspecified atom stereocenters. The van der Waals surface area contributed by atoms with Gasteiger partial charge in [0.2, 0.25) is 0 Å². The Bertz CT molecular complexity index is 2710. The van der Waals surface area contributed by atoms with E-state index in [1.54, 1.807) is 14.2 Å². The van der Waals surface area contributed by atoms with Crippen LogP contribution >= 0.6 is 0 Å². The van der Waals surface area contributed by atoms with Gasteiger partial charge in [0.25, 0.3) is 0 Å². The molecule has 6 aromatic rings. The molecule has 0 amide bonds. The molecule has 6 nitrogen and oxygen atoms in total. The molecule has 334 valence electrons. The van der Waals surface area contributed by atoms with Gasteiger partial charge >= 0.3 is 0 Å². The van der Waals surface area contributed by atoms with Gasteiger partial charge in [0.15, 0.2) is 5.60 Å². The largest absolute Gasteiger partial charge is 0.497 e. The van der Waals surface area contributed by atoms with Crippen molar-refractivity contribution in [3.05, 3.63) is 143 Å². The number of ether oxygens (including phenoxy) is 5. The Morgan fingerprint density at radius 3 is 1.91 bits per heavy atom. The summed E-state index contributed by atoms with van der Waals surface area (Å²) in [5.41, 5.74) is 11.3. The summed E-state index contributed by atoms with van der Waals surface area (Å²) in [6.45, 7) is 13.3. The Morgan fingerprint density at radius 1 is 0.646 bits per heavy atom. The molecule has 11 rings (SSSR count). The van der Waals surface area contributed by atoms with E-state index in [-0.39, 0.29) is 22.3 Å². The standard InChI is InChI=1S/C59H63NO5/c1-56(2)36-57(3,4)38-58(37-56)51-15-11-10-14-46(51)53-49-35-52(64-45-12-8-7-9-13-45)48(39-16-22-42(23-17-39)60-30-32-63-33-31-60)34-50(49)55-47(54(53)58)28-29-59(65-55,40-18-24-43(61-5)25-19-40)41-20-26-44(62-6)27-21-41/h10-11,14-29,34-35,45H,7-9,12-13,30-33,36-38H2,1-6H3. The van der Waals surface area contributed by atoms with Crippen LogP contribution in [0.4, 0.5) is 5.69 Å². The van der Waals surface area contributed by atoms with E-state index in [1.165, 1.54) is 64.6 Å². The van der Waals surface area contributed by atoms with Crippen molar-refractivity contribution in [2.24, 2.45) is 10.8 Å². The molecular weight excluding hydrogens is 803 g/mol. The average molecular weight is 866 g/mol. The van der Waals surface area contributed by atoms with Crippen LogP contribution in [0.3, 0.4) is 0 Å². The van der Waals surface area contributed by atoms with E-state index in [1.807, 2.05) is 24.3 Å². The van der Waals surface area contributed by atoms with E-state index in [4.69, 9.17) is 23.7 Å². The quantitative estimate of drug-likeness (QED) is 0.152. The van der Waals surface area contributed by atoms with E-state index in [0.29, 0.717) is 0 Å². The van der Waals surface area contributed by atoms with Crippen LogP contribution in [0.2, 0.25) is 0 Å². The van der Waals surface area contributed by atoms with E-state index in [2.05, 4.69) is 130 Å². The van der Waals surface area contributed by atoms with Gasteiger partial charge < -0.3 is 28.6 Å². The lowest BCUT2D eigenvalue weighted by molar-refractivity contribution is 0.0642. The molecule has 2 aliphatic heterocycles. The Kier molecular flexibility index (Phi) is 10.3. The van der Waals surface area contributed by atoms with Crippen molar-refractivity contribution in [2.75, 3.05) is 45.4 Å². The van der Waals surface area contributed by atoms with Crippen molar-refractivity contribution in [3.8, 4) is 45.3 Å². The van der Waals surface area contributed by atoms with E-state index in [0.717, 1.165) is 103 Å². The van der Waals surface area contributed by atoms with Gasteiger partial charge in [0.05, 0.1) is 33.5 Å². The molecule has 6 heteroatoms. The van der Waals surface area contributed by atoms with Crippen molar-refractivity contribution in [3.63, 3.8) is 0 Å². The third-order valence-electron chi connectivity index (χ3n) is 15.3. The highest BCUT2D eigenvalue weighted by molar-refractivity contribution is 6.10. The molecule has 0 bridgehead atoms. The maximum absolute atomic E-state index is 7.97. The van der Waals surface area contributed by atoms with Gasteiger partial charge in [-0.05, 0) is 144 Å². The molecule has 65 heavy (non-hydrogen) atoms. The fraction of sp³-hybridized carbons (Fsp3) is 0.390. The number of hydrogen-bond donors (Lipinski definition) is 0. The highest BCUT2D eigenvalue weighted by atomic mass is 16.5. The lowest BCUT2D eigenvalue weighted by atomic mass is 9.52. The predicted molar refractivity (Wildman–Crippen MR) is 264 cm³/mol. The Hall–Kier alpha value is -5.72. The van der Waals surface area contributed by atoms with Crippen molar-refractivity contribution in [1.29, 1.82) is 0 Å². The number of methoxy groups -OCH3 is 2. The lowest BCUT2D eigenvalue weighted by Gasteiger charge is -2.52. The van der Waals surface area contributed by atoms with Crippen molar-refractivity contribution in [1.82, 2.24) is 0 Å². The fourth-order valence-electron chi connectivity index (χ4n) is 13.2. The summed E-state index contributed by atoms with van der Waals surface area (Å²) in [5.74, 6) is 3.48. The van der Waals surface area contributed by atoms with Crippen LogP contribution < -0.4 is 23.8 Å². The molecule has 0 atom stereocenters. The minimum Gasteiger partial charge on any atom is -0.497 e. The molecule has 3 aliphatic carbocycles. The zero-order chi connectivity index (χ0) is 44.6. The van der Waals surface area contributed by atoms with Crippen LogP contribution in [0.25, 0.3) is 39.1 Å². The average Bonchev–Trinajstić information content (AvgIpc) is 3.59. The van der Waals surface area contributed by atoms with Crippen molar-refractivity contribution >= 4 is 22.5 Å². The van der Waals surface area contributed by atoms with E-state index in [9.17, 15) is 0 Å². The summed E-state index contributed by atoms with van der Waals surface area (Å²) in [6, 6.07) is 40.0. The predicted octanol–water partition coefficient (Wildman–Crippen LogP) is 13.9. The van der Waals surface area contributed by atoms with Crippen molar-refractivity contribution in [2.45, 2.75) is 96.2 Å². The zero-order valence-corrected chi connectivity index (χ0v) is 39.1. The summed E-state index contributed by atoms with van der Waals surface area (Å²) in [6.07, 6.45) is 14.0. The smallest absolute Gasteiger partial charge is 0.178 e. The minimum absolute atomic E-state index is 0.111. The minimum atomic E-state index is -0.951. The number of nitrogens with zero attached hydrogens (tertiary/aromatic N) is 1. The molecule has 2 heterocycles. The summed E-state index contributed by atoms with van der Waals surface area (Å²) in [4.78, 5) is 2.42. The number of anilines is 1. The first-order chi connectivity index (χ1) is 31.5. The SMILES string of the molecule is COc1ccc(C2(c3ccc(OC)cc3)C=Cc3c4c(c5cc(OC6CCCCC6)c(-c6ccc(N7CCOCC7)cc6)cc5c3O2)-c2ccccc2C42CC(C)(C)CC(C)(C)C2)cc1. The molecule has 6 aromatic carbocycles. The van der Waals surface area contributed by atoms with E-state index < -0.39 is 5.60 Å². The monoisotopic (exact) mass is 865 g/mol. The second-order valence-corrected chi connectivity index (χ2v) is 21.0. The highest BCUT2D eigenvalue weighted by Gasteiger charge is 2.55. The number of fused-ring (bicyclic) bond motifs is 10. The maximum Gasteiger partial charge on any atom is 0.178 e. The number of benzene rings is 6. The first-order valence-electron chi connectivity index (χ1n) is 24.1. The first kappa shape index (κ1) is 41.9. The Balaban J connectivity index is 1.21. The zero-order valence-electron chi connectivity index (χ0n) is 39.1. The molecular formula is C59H63NO5. The number of morpholine rings is 1. The van der Waals surface area contributed by atoms with Gasteiger partial charge in [-0.15, -0.1) is 0 Å². The van der Waals surface area contributed by atoms with Gasteiger partial charge in [0.1, 0.15) is 23.0 Å². The van der Waals surface area contributed by atoms with Gasteiger partial charge in [-0.1, -0.05) is 101 Å². The molecule has 1 spiro atoms. The van der Waals surface area contributed by atoms with Gasteiger partial charge in [-0.2, -0.15) is 0 Å². The Labute approximate surface area is 385 Å². The summed E-state index contributed by atoms with van der Waals surface area (Å²) >= 11 is 0. The lowest BCUT2D eigenvalue weighted by Crippen LogP contribution is -2.44. The number of rotatable bonds is 8. The third kappa shape index (κ3) is 7.19. The fourth-order valence-corrected chi connectivity index (χ4v) is 13.2. The third-order valence-corrected chi connectivity index (χ3v) is 15.3. The van der Waals surface area contributed by atoms with E-state index >= 15 is 0 Å². The molecule has 0 aromatic heterocycles. The summed E-state index contributed by atoms with van der Waals surface area (Å²) in [7, 11) is 3.44. The van der Waals surface area contributed by atoms with Crippen LogP contribution in [0.5, 0.6) is 23.0 Å². The normalized spacial score (nSPS) is 20.1. The second kappa shape index (κ2) is 16.0. The van der Waals surface area contributed by atoms with Gasteiger partial charge in [-0.3, -0.25) is 0 Å². The van der Waals surface area contributed by atoms with Crippen molar-refractivity contribution < 1.29 is 23.7 Å². The molecule has 0 radical (unpaired) electrons. The topological polar surface area (TPSA) is 49.4 Å². The molecule has 3 fully saturated rings. The second-order valence-electron chi connectivity index (χ2n) is 21.0. The van der Waals surface area contributed by atoms with Crippen LogP contribution in [-0.4, -0.2) is 46.6 Å².